The van der Waals surface area contributed by atoms with Crippen LogP contribution in [0, 0.1) is 6.92 Å². The molecule has 1 rings (SSSR count). The Morgan fingerprint density at radius 2 is 1.67 bits per heavy atom. The highest BCUT2D eigenvalue weighted by molar-refractivity contribution is 5.49. The first kappa shape index (κ1) is 14.7. The van der Waals surface area contributed by atoms with Gasteiger partial charge in [-0.3, -0.25) is 0 Å². The SMILES string of the molecule is Cc1ccc(NCCC(F)(F)F)cc1C(F)(F)F. The van der Waals surface area contributed by atoms with E-state index in [1.807, 2.05) is 0 Å². The number of benzene rings is 1. The summed E-state index contributed by atoms with van der Waals surface area (Å²) in [5.41, 5.74) is -0.791. The smallest absolute Gasteiger partial charge is 0.385 e. The van der Waals surface area contributed by atoms with E-state index in [1.165, 1.54) is 19.1 Å². The minimum atomic E-state index is -4.51. The molecule has 0 heterocycles. The van der Waals surface area contributed by atoms with Gasteiger partial charge in [-0.1, -0.05) is 6.07 Å². The Morgan fingerprint density at radius 3 is 2.17 bits per heavy atom. The van der Waals surface area contributed by atoms with Crippen molar-refractivity contribution in [3.8, 4) is 0 Å². The van der Waals surface area contributed by atoms with Crippen LogP contribution >= 0.6 is 0 Å². The quantitative estimate of drug-likeness (QED) is 0.804. The predicted octanol–water partition coefficient (Wildman–Crippen LogP) is 4.38. The number of halogens is 6. The van der Waals surface area contributed by atoms with Gasteiger partial charge in [0.15, 0.2) is 0 Å². The summed E-state index contributed by atoms with van der Waals surface area (Å²) >= 11 is 0. The summed E-state index contributed by atoms with van der Waals surface area (Å²) in [6.45, 7) is 0.839. The van der Waals surface area contributed by atoms with Crippen molar-refractivity contribution >= 4 is 5.69 Å². The van der Waals surface area contributed by atoms with Crippen LogP contribution in [0.25, 0.3) is 0 Å². The highest BCUT2D eigenvalue weighted by Crippen LogP contribution is 2.33. The second kappa shape index (κ2) is 5.07. The van der Waals surface area contributed by atoms with Gasteiger partial charge in [-0.15, -0.1) is 0 Å². The summed E-state index contributed by atoms with van der Waals surface area (Å²) in [7, 11) is 0. The number of hydrogen-bond acceptors (Lipinski definition) is 1. The van der Waals surface area contributed by atoms with Crippen molar-refractivity contribution in [1.29, 1.82) is 0 Å². The van der Waals surface area contributed by atoms with Crippen molar-refractivity contribution in [1.82, 2.24) is 0 Å². The molecule has 0 aliphatic rings. The van der Waals surface area contributed by atoms with Crippen molar-refractivity contribution in [2.75, 3.05) is 11.9 Å². The molecule has 0 radical (unpaired) electrons. The molecule has 1 nitrogen and oxygen atoms in total. The predicted molar refractivity (Wildman–Crippen MR) is 55.3 cm³/mol. The maximum atomic E-state index is 12.5. The Balaban J connectivity index is 2.74. The van der Waals surface area contributed by atoms with E-state index < -0.39 is 30.9 Å². The zero-order chi connectivity index (χ0) is 14.0. The molecule has 102 valence electrons. The van der Waals surface area contributed by atoms with Gasteiger partial charge in [0.2, 0.25) is 0 Å². The van der Waals surface area contributed by atoms with E-state index in [0.29, 0.717) is 0 Å². The molecule has 0 spiro atoms. The molecule has 0 aliphatic carbocycles. The Hall–Kier alpha value is -1.40. The molecule has 0 saturated carbocycles. The Labute approximate surface area is 99.8 Å². The molecule has 1 aromatic carbocycles. The van der Waals surface area contributed by atoms with Crippen molar-refractivity contribution in [3.63, 3.8) is 0 Å². The fourth-order valence-electron chi connectivity index (χ4n) is 1.39. The highest BCUT2D eigenvalue weighted by Gasteiger charge is 2.32. The van der Waals surface area contributed by atoms with E-state index in [0.717, 1.165) is 6.07 Å². The minimum absolute atomic E-state index is 0.0252. The van der Waals surface area contributed by atoms with Gasteiger partial charge in [-0.2, -0.15) is 26.3 Å². The zero-order valence-electron chi connectivity index (χ0n) is 9.41. The highest BCUT2D eigenvalue weighted by atomic mass is 19.4. The van der Waals surface area contributed by atoms with Gasteiger partial charge in [0.05, 0.1) is 12.0 Å². The van der Waals surface area contributed by atoms with Crippen LogP contribution in [-0.2, 0) is 6.18 Å². The fourth-order valence-corrected chi connectivity index (χ4v) is 1.39. The second-order valence-corrected chi connectivity index (χ2v) is 3.82. The maximum absolute atomic E-state index is 12.5. The van der Waals surface area contributed by atoms with Crippen LogP contribution in [0.5, 0.6) is 0 Å². The third kappa shape index (κ3) is 4.46. The summed E-state index contributed by atoms with van der Waals surface area (Å²) < 4.78 is 73.2. The van der Waals surface area contributed by atoms with E-state index in [1.54, 1.807) is 0 Å². The standard InChI is InChI=1S/C11H11F6N/c1-7-2-3-8(6-9(7)11(15,16)17)18-5-4-10(12,13)14/h2-3,6,18H,4-5H2,1H3. The number of anilines is 1. The molecular weight excluding hydrogens is 260 g/mol. The monoisotopic (exact) mass is 271 g/mol. The number of alkyl halides is 6. The lowest BCUT2D eigenvalue weighted by Crippen LogP contribution is -2.15. The van der Waals surface area contributed by atoms with Gasteiger partial charge in [-0.05, 0) is 24.6 Å². The molecule has 18 heavy (non-hydrogen) atoms. The first-order chi connectivity index (χ1) is 8.09. The van der Waals surface area contributed by atoms with Gasteiger partial charge < -0.3 is 5.32 Å². The summed E-state index contributed by atoms with van der Waals surface area (Å²) in [5.74, 6) is 0. The molecular formula is C11H11F6N. The van der Waals surface area contributed by atoms with Crippen LogP contribution in [0.2, 0.25) is 0 Å². The van der Waals surface area contributed by atoms with E-state index in [4.69, 9.17) is 0 Å². The Bertz CT molecular complexity index is 407. The third-order valence-corrected chi connectivity index (χ3v) is 2.28. The summed E-state index contributed by atoms with van der Waals surface area (Å²) in [6.07, 6.45) is -9.93. The maximum Gasteiger partial charge on any atom is 0.416 e. The average Bonchev–Trinajstić information content (AvgIpc) is 2.17. The minimum Gasteiger partial charge on any atom is -0.385 e. The van der Waals surface area contributed by atoms with Crippen LogP contribution < -0.4 is 5.32 Å². The molecule has 0 fully saturated rings. The number of rotatable bonds is 3. The zero-order valence-corrected chi connectivity index (χ0v) is 9.41. The molecule has 0 aliphatic heterocycles. The van der Waals surface area contributed by atoms with Crippen LogP contribution in [-0.4, -0.2) is 12.7 Å². The fraction of sp³-hybridized carbons (Fsp3) is 0.455. The largest absolute Gasteiger partial charge is 0.416 e. The topological polar surface area (TPSA) is 12.0 Å². The van der Waals surface area contributed by atoms with Gasteiger partial charge in [0.1, 0.15) is 0 Å². The lowest BCUT2D eigenvalue weighted by Gasteiger charge is -2.13. The molecule has 1 aromatic rings. The van der Waals surface area contributed by atoms with E-state index in [9.17, 15) is 26.3 Å². The first-order valence-corrected chi connectivity index (χ1v) is 5.08. The van der Waals surface area contributed by atoms with Crippen molar-refractivity contribution < 1.29 is 26.3 Å². The van der Waals surface area contributed by atoms with E-state index >= 15 is 0 Å². The average molecular weight is 271 g/mol. The lowest BCUT2D eigenvalue weighted by molar-refractivity contribution is -0.138. The van der Waals surface area contributed by atoms with Crippen LogP contribution in [0.15, 0.2) is 18.2 Å². The Kier molecular flexibility index (Phi) is 4.13. The van der Waals surface area contributed by atoms with Crippen LogP contribution in [0.1, 0.15) is 17.5 Å². The molecule has 0 bridgehead atoms. The van der Waals surface area contributed by atoms with E-state index in [-0.39, 0.29) is 11.3 Å². The number of hydrogen-bond donors (Lipinski definition) is 1. The molecule has 0 atom stereocenters. The van der Waals surface area contributed by atoms with Gasteiger partial charge >= 0.3 is 12.4 Å². The van der Waals surface area contributed by atoms with Gasteiger partial charge in [-0.25, -0.2) is 0 Å². The third-order valence-electron chi connectivity index (χ3n) is 2.28. The van der Waals surface area contributed by atoms with Crippen LogP contribution in [0.4, 0.5) is 32.0 Å². The summed E-state index contributed by atoms with van der Waals surface area (Å²) in [6, 6.07) is 3.35. The van der Waals surface area contributed by atoms with Crippen molar-refractivity contribution in [2.24, 2.45) is 0 Å². The van der Waals surface area contributed by atoms with Crippen molar-refractivity contribution in [3.05, 3.63) is 29.3 Å². The number of aryl methyl sites for hydroxylation is 1. The number of nitrogens with one attached hydrogen (secondary N) is 1. The van der Waals surface area contributed by atoms with Gasteiger partial charge in [0.25, 0.3) is 0 Å². The van der Waals surface area contributed by atoms with E-state index in [2.05, 4.69) is 5.32 Å². The first-order valence-electron chi connectivity index (χ1n) is 5.08. The summed E-state index contributed by atoms with van der Waals surface area (Å²) in [4.78, 5) is 0. The van der Waals surface area contributed by atoms with Gasteiger partial charge in [0, 0.05) is 12.2 Å². The van der Waals surface area contributed by atoms with Crippen molar-refractivity contribution in [2.45, 2.75) is 25.7 Å². The molecule has 7 heteroatoms. The molecule has 0 unspecified atom stereocenters. The summed E-state index contributed by atoms with van der Waals surface area (Å²) in [5, 5.41) is 2.32. The normalized spacial score (nSPS) is 12.6. The molecule has 0 aromatic heterocycles. The van der Waals surface area contributed by atoms with Crippen LogP contribution in [0.3, 0.4) is 0 Å². The Morgan fingerprint density at radius 1 is 1.06 bits per heavy atom. The lowest BCUT2D eigenvalue weighted by atomic mass is 10.1. The molecule has 0 saturated heterocycles. The molecule has 0 amide bonds. The molecule has 1 N–H and O–H groups in total. The second-order valence-electron chi connectivity index (χ2n) is 3.82.